The minimum atomic E-state index is -0.329. The fourth-order valence-corrected chi connectivity index (χ4v) is 2.97. The standard InChI is InChI=1S/C16H27N5O2/c1-5-13-12(10-18-21(13)16(2,3)4)15(23)20-8-6-19(7-9-20)11-14(17)22/h10H,5-9,11H2,1-4H3,(H2,17,22). The number of piperazine rings is 1. The summed E-state index contributed by atoms with van der Waals surface area (Å²) in [4.78, 5) is 27.6. The van der Waals surface area contributed by atoms with Crippen molar-refractivity contribution in [3.63, 3.8) is 0 Å². The highest BCUT2D eigenvalue weighted by Gasteiger charge is 2.28. The van der Waals surface area contributed by atoms with Gasteiger partial charge < -0.3 is 10.6 Å². The molecule has 23 heavy (non-hydrogen) atoms. The molecule has 1 aromatic rings. The van der Waals surface area contributed by atoms with E-state index < -0.39 is 0 Å². The first-order valence-electron chi connectivity index (χ1n) is 8.11. The molecule has 0 atom stereocenters. The first-order valence-corrected chi connectivity index (χ1v) is 8.11. The zero-order valence-electron chi connectivity index (χ0n) is 14.5. The average molecular weight is 321 g/mol. The number of primary amides is 1. The molecular formula is C16H27N5O2. The highest BCUT2D eigenvalue weighted by Crippen LogP contribution is 2.21. The number of nitrogens with two attached hydrogens (primary N) is 1. The van der Waals surface area contributed by atoms with Gasteiger partial charge in [0.1, 0.15) is 0 Å². The molecule has 0 spiro atoms. The Labute approximate surface area is 137 Å². The highest BCUT2D eigenvalue weighted by molar-refractivity contribution is 5.95. The molecule has 1 aliphatic rings. The van der Waals surface area contributed by atoms with Crippen molar-refractivity contribution in [1.29, 1.82) is 0 Å². The summed E-state index contributed by atoms with van der Waals surface area (Å²) in [5, 5.41) is 4.43. The fourth-order valence-electron chi connectivity index (χ4n) is 2.97. The van der Waals surface area contributed by atoms with Crippen molar-refractivity contribution in [2.45, 2.75) is 39.7 Å². The zero-order chi connectivity index (χ0) is 17.2. The maximum atomic E-state index is 12.8. The summed E-state index contributed by atoms with van der Waals surface area (Å²) in [6, 6.07) is 0. The molecule has 0 aromatic carbocycles. The van der Waals surface area contributed by atoms with Gasteiger partial charge in [0.2, 0.25) is 5.91 Å². The quantitative estimate of drug-likeness (QED) is 0.872. The predicted octanol–water partition coefficient (Wildman–Crippen LogP) is 0.444. The van der Waals surface area contributed by atoms with Crippen LogP contribution in [0.15, 0.2) is 6.20 Å². The van der Waals surface area contributed by atoms with Crippen molar-refractivity contribution in [3.8, 4) is 0 Å². The minimum absolute atomic E-state index is 0.0241. The SMILES string of the molecule is CCc1c(C(=O)N2CCN(CC(N)=O)CC2)cnn1C(C)(C)C. The van der Waals surface area contributed by atoms with Crippen LogP contribution in [-0.4, -0.2) is 64.1 Å². The van der Waals surface area contributed by atoms with Gasteiger partial charge in [-0.2, -0.15) is 5.10 Å². The molecule has 1 fully saturated rings. The number of carbonyl (C=O) groups is 2. The Bertz CT molecular complexity index is 580. The van der Waals surface area contributed by atoms with Gasteiger partial charge >= 0.3 is 0 Å². The number of nitrogens with zero attached hydrogens (tertiary/aromatic N) is 4. The molecule has 7 heteroatoms. The van der Waals surface area contributed by atoms with Crippen LogP contribution in [0.2, 0.25) is 0 Å². The maximum absolute atomic E-state index is 12.8. The Kier molecular flexibility index (Phi) is 5.09. The third-order valence-electron chi connectivity index (χ3n) is 4.11. The molecule has 0 bridgehead atoms. The lowest BCUT2D eigenvalue weighted by Crippen LogP contribution is -2.50. The highest BCUT2D eigenvalue weighted by atomic mass is 16.2. The number of hydrogen-bond donors (Lipinski definition) is 1. The molecule has 2 rings (SSSR count). The van der Waals surface area contributed by atoms with Crippen LogP contribution in [-0.2, 0) is 16.8 Å². The van der Waals surface area contributed by atoms with E-state index in [9.17, 15) is 9.59 Å². The summed E-state index contributed by atoms with van der Waals surface area (Å²) in [5.74, 6) is -0.305. The fraction of sp³-hybridized carbons (Fsp3) is 0.688. The number of carbonyl (C=O) groups excluding carboxylic acids is 2. The van der Waals surface area contributed by atoms with Gasteiger partial charge in [-0.15, -0.1) is 0 Å². The second-order valence-corrected chi connectivity index (χ2v) is 6.98. The van der Waals surface area contributed by atoms with Crippen LogP contribution in [0, 0.1) is 0 Å². The van der Waals surface area contributed by atoms with E-state index in [4.69, 9.17) is 5.73 Å². The van der Waals surface area contributed by atoms with Crippen molar-refractivity contribution in [2.75, 3.05) is 32.7 Å². The largest absolute Gasteiger partial charge is 0.369 e. The Hall–Kier alpha value is -1.89. The van der Waals surface area contributed by atoms with Crippen molar-refractivity contribution >= 4 is 11.8 Å². The van der Waals surface area contributed by atoms with Gasteiger partial charge in [0.05, 0.1) is 29.5 Å². The van der Waals surface area contributed by atoms with Crippen LogP contribution >= 0.6 is 0 Å². The van der Waals surface area contributed by atoms with Crippen molar-refractivity contribution < 1.29 is 9.59 Å². The molecule has 1 aromatic heterocycles. The number of rotatable bonds is 4. The first kappa shape index (κ1) is 17.5. The lowest BCUT2D eigenvalue weighted by molar-refractivity contribution is -0.119. The molecule has 0 unspecified atom stereocenters. The average Bonchev–Trinajstić information content (AvgIpc) is 2.90. The third-order valence-corrected chi connectivity index (χ3v) is 4.11. The number of hydrogen-bond acceptors (Lipinski definition) is 4. The normalized spacial score (nSPS) is 16.6. The van der Waals surface area contributed by atoms with E-state index in [1.807, 2.05) is 21.4 Å². The first-order chi connectivity index (χ1) is 10.7. The second kappa shape index (κ2) is 6.70. The summed E-state index contributed by atoms with van der Waals surface area (Å²) in [6.07, 6.45) is 2.45. The molecule has 0 aliphatic carbocycles. The Morgan fingerprint density at radius 1 is 1.22 bits per heavy atom. The van der Waals surface area contributed by atoms with E-state index >= 15 is 0 Å². The van der Waals surface area contributed by atoms with Crippen LogP contribution in [0.25, 0.3) is 0 Å². The summed E-state index contributed by atoms with van der Waals surface area (Å²) < 4.78 is 1.93. The molecule has 1 aliphatic heterocycles. The van der Waals surface area contributed by atoms with Crippen molar-refractivity contribution in [3.05, 3.63) is 17.5 Å². The molecule has 2 heterocycles. The molecule has 128 valence electrons. The smallest absolute Gasteiger partial charge is 0.257 e. The molecule has 7 nitrogen and oxygen atoms in total. The molecule has 0 saturated carbocycles. The topological polar surface area (TPSA) is 84.5 Å². The number of amides is 2. The molecule has 0 radical (unpaired) electrons. The van der Waals surface area contributed by atoms with Gasteiger partial charge in [0.15, 0.2) is 0 Å². The van der Waals surface area contributed by atoms with Crippen LogP contribution in [0.3, 0.4) is 0 Å². The van der Waals surface area contributed by atoms with Gasteiger partial charge in [-0.1, -0.05) is 6.92 Å². The van der Waals surface area contributed by atoms with Gasteiger partial charge in [-0.05, 0) is 27.2 Å². The predicted molar refractivity (Wildman–Crippen MR) is 88.1 cm³/mol. The summed E-state index contributed by atoms with van der Waals surface area (Å²) in [6.45, 7) is 11.1. The van der Waals surface area contributed by atoms with Gasteiger partial charge in [0, 0.05) is 26.2 Å². The van der Waals surface area contributed by atoms with E-state index in [1.54, 1.807) is 6.20 Å². The zero-order valence-corrected chi connectivity index (χ0v) is 14.5. The van der Waals surface area contributed by atoms with E-state index in [-0.39, 0.29) is 23.9 Å². The van der Waals surface area contributed by atoms with Crippen LogP contribution in [0.5, 0.6) is 0 Å². The van der Waals surface area contributed by atoms with Crippen molar-refractivity contribution in [2.24, 2.45) is 5.73 Å². The molecular weight excluding hydrogens is 294 g/mol. The summed E-state index contributed by atoms with van der Waals surface area (Å²) in [5.41, 5.74) is 6.73. The van der Waals surface area contributed by atoms with E-state index in [1.165, 1.54) is 0 Å². The van der Waals surface area contributed by atoms with Crippen LogP contribution < -0.4 is 5.73 Å². The summed E-state index contributed by atoms with van der Waals surface area (Å²) >= 11 is 0. The van der Waals surface area contributed by atoms with Crippen molar-refractivity contribution in [1.82, 2.24) is 19.6 Å². The third kappa shape index (κ3) is 3.90. The Balaban J connectivity index is 2.10. The molecule has 1 saturated heterocycles. The van der Waals surface area contributed by atoms with E-state index in [2.05, 4.69) is 25.9 Å². The Morgan fingerprint density at radius 3 is 2.30 bits per heavy atom. The van der Waals surface area contributed by atoms with Gasteiger partial charge in [-0.25, -0.2) is 0 Å². The lowest BCUT2D eigenvalue weighted by Gasteiger charge is -2.34. The van der Waals surface area contributed by atoms with Gasteiger partial charge in [-0.3, -0.25) is 19.2 Å². The molecule has 2 amide bonds. The van der Waals surface area contributed by atoms with Crippen LogP contribution in [0.4, 0.5) is 0 Å². The summed E-state index contributed by atoms with van der Waals surface area (Å²) in [7, 11) is 0. The Morgan fingerprint density at radius 2 is 1.83 bits per heavy atom. The monoisotopic (exact) mass is 321 g/mol. The van der Waals surface area contributed by atoms with Crippen LogP contribution in [0.1, 0.15) is 43.7 Å². The van der Waals surface area contributed by atoms with E-state index in [0.717, 1.165) is 12.1 Å². The number of aromatic nitrogens is 2. The maximum Gasteiger partial charge on any atom is 0.257 e. The second-order valence-electron chi connectivity index (χ2n) is 6.98. The van der Waals surface area contributed by atoms with Gasteiger partial charge in [0.25, 0.3) is 5.91 Å². The van der Waals surface area contributed by atoms with E-state index in [0.29, 0.717) is 31.7 Å². The lowest BCUT2D eigenvalue weighted by atomic mass is 10.1. The minimum Gasteiger partial charge on any atom is -0.369 e. The molecule has 2 N–H and O–H groups in total.